The molecule has 5 nitrogen and oxygen atoms in total. The minimum Gasteiger partial charge on any atom is -0.374 e. The van der Waals surface area contributed by atoms with E-state index >= 15 is 0 Å². The fourth-order valence-electron chi connectivity index (χ4n) is 3.79. The molecule has 2 aromatic rings. The maximum Gasteiger partial charge on any atom is 0.0959 e. The zero-order valence-electron chi connectivity index (χ0n) is 14.4. The topological polar surface area (TPSA) is 43.2 Å². The van der Waals surface area contributed by atoms with Crippen LogP contribution in [0.4, 0.5) is 0 Å². The number of morpholine rings is 1. The minimum atomic E-state index is 0.214. The lowest BCUT2D eigenvalue weighted by molar-refractivity contribution is -0.0405. The first-order chi connectivity index (χ1) is 11.8. The van der Waals surface area contributed by atoms with Gasteiger partial charge in [-0.05, 0) is 25.3 Å². The van der Waals surface area contributed by atoms with Crippen LogP contribution in [0.15, 0.2) is 17.8 Å². The summed E-state index contributed by atoms with van der Waals surface area (Å²) in [5, 5.41) is 7.99. The Balaban J connectivity index is 1.32. The van der Waals surface area contributed by atoms with Crippen LogP contribution in [0.2, 0.25) is 0 Å². The predicted molar refractivity (Wildman–Crippen MR) is 95.3 cm³/mol. The highest BCUT2D eigenvalue weighted by Crippen LogP contribution is 2.35. The summed E-state index contributed by atoms with van der Waals surface area (Å²) >= 11 is 1.86. The zero-order chi connectivity index (χ0) is 16.4. The summed E-state index contributed by atoms with van der Waals surface area (Å²) in [6.45, 7) is 6.59. The van der Waals surface area contributed by atoms with Gasteiger partial charge in [-0.2, -0.15) is 5.10 Å². The van der Waals surface area contributed by atoms with Crippen molar-refractivity contribution in [3.05, 3.63) is 34.0 Å². The summed E-state index contributed by atoms with van der Waals surface area (Å²) in [7, 11) is 0. The molecule has 0 spiro atoms. The lowest BCUT2D eigenvalue weighted by atomic mass is 10.1. The Morgan fingerprint density at radius 1 is 1.33 bits per heavy atom. The first-order valence-corrected chi connectivity index (χ1v) is 9.91. The number of aromatic nitrogens is 3. The number of thiazole rings is 1. The summed E-state index contributed by atoms with van der Waals surface area (Å²) < 4.78 is 7.92. The second kappa shape index (κ2) is 7.33. The molecule has 3 heterocycles. The summed E-state index contributed by atoms with van der Waals surface area (Å²) in [5.74, 6) is 0.726. The van der Waals surface area contributed by atoms with E-state index in [0.717, 1.165) is 38.7 Å². The molecule has 1 atom stereocenters. The number of hydrogen-bond acceptors (Lipinski definition) is 5. The van der Waals surface area contributed by atoms with Crippen LogP contribution in [0.5, 0.6) is 0 Å². The van der Waals surface area contributed by atoms with Crippen molar-refractivity contribution in [3.63, 3.8) is 0 Å². The molecule has 1 aliphatic heterocycles. The van der Waals surface area contributed by atoms with E-state index in [1.807, 2.05) is 22.2 Å². The molecule has 0 unspecified atom stereocenters. The van der Waals surface area contributed by atoms with Crippen molar-refractivity contribution in [3.8, 4) is 0 Å². The van der Waals surface area contributed by atoms with Gasteiger partial charge in [0.15, 0.2) is 0 Å². The van der Waals surface area contributed by atoms with Crippen LogP contribution >= 0.6 is 11.3 Å². The standard InChI is InChI=1S/C18H26N4OS/c1-14-8-19-22(9-14)12-17-11-21(6-7-23-17)10-16-13-24-18(20-16)15-4-2-3-5-15/h8-9,13,15,17H,2-7,10-12H2,1H3/t17-/m1/s1. The van der Waals surface area contributed by atoms with Crippen LogP contribution in [0.1, 0.15) is 47.9 Å². The second-order valence-electron chi connectivity index (χ2n) is 7.13. The third kappa shape index (κ3) is 3.87. The SMILES string of the molecule is Cc1cnn(C[C@H]2CN(Cc3csc(C4CCCC4)n3)CCO2)c1. The van der Waals surface area contributed by atoms with Gasteiger partial charge < -0.3 is 4.74 Å². The van der Waals surface area contributed by atoms with Gasteiger partial charge in [-0.15, -0.1) is 11.3 Å². The Morgan fingerprint density at radius 3 is 3.00 bits per heavy atom. The molecule has 130 valence electrons. The van der Waals surface area contributed by atoms with E-state index in [9.17, 15) is 0 Å². The molecule has 2 fully saturated rings. The average Bonchev–Trinajstić information content (AvgIpc) is 3.29. The molecule has 4 rings (SSSR count). The molecule has 2 aromatic heterocycles. The van der Waals surface area contributed by atoms with Crippen LogP contribution in [-0.4, -0.2) is 45.5 Å². The molecule has 1 saturated heterocycles. The number of aryl methyl sites for hydroxylation is 1. The van der Waals surface area contributed by atoms with Crippen molar-refractivity contribution < 1.29 is 4.74 Å². The number of hydrogen-bond donors (Lipinski definition) is 0. The first-order valence-electron chi connectivity index (χ1n) is 9.03. The fraction of sp³-hybridized carbons (Fsp3) is 0.667. The third-order valence-corrected chi connectivity index (χ3v) is 6.09. The van der Waals surface area contributed by atoms with E-state index in [4.69, 9.17) is 9.72 Å². The van der Waals surface area contributed by atoms with Crippen molar-refractivity contribution in [1.29, 1.82) is 0 Å². The van der Waals surface area contributed by atoms with Crippen molar-refractivity contribution in [2.75, 3.05) is 19.7 Å². The highest BCUT2D eigenvalue weighted by Gasteiger charge is 2.23. The van der Waals surface area contributed by atoms with Gasteiger partial charge in [0, 0.05) is 37.1 Å². The summed E-state index contributed by atoms with van der Waals surface area (Å²) in [6, 6.07) is 0. The van der Waals surface area contributed by atoms with E-state index in [2.05, 4.69) is 28.5 Å². The van der Waals surface area contributed by atoms with Gasteiger partial charge in [-0.1, -0.05) is 12.8 Å². The summed E-state index contributed by atoms with van der Waals surface area (Å²) in [4.78, 5) is 7.39. The molecule has 6 heteroatoms. The zero-order valence-corrected chi connectivity index (χ0v) is 15.2. The molecule has 1 aliphatic carbocycles. The van der Waals surface area contributed by atoms with Gasteiger partial charge in [0.1, 0.15) is 0 Å². The Labute approximate surface area is 147 Å². The molecule has 0 amide bonds. The molecule has 24 heavy (non-hydrogen) atoms. The van der Waals surface area contributed by atoms with Gasteiger partial charge in [-0.3, -0.25) is 9.58 Å². The van der Waals surface area contributed by atoms with Crippen molar-refractivity contribution in [2.24, 2.45) is 0 Å². The van der Waals surface area contributed by atoms with Gasteiger partial charge in [0.2, 0.25) is 0 Å². The summed E-state index contributed by atoms with van der Waals surface area (Å²) in [5.41, 5.74) is 2.43. The van der Waals surface area contributed by atoms with Crippen LogP contribution in [0.3, 0.4) is 0 Å². The van der Waals surface area contributed by atoms with E-state index in [1.165, 1.54) is 41.9 Å². The average molecular weight is 347 g/mol. The van der Waals surface area contributed by atoms with Crippen LogP contribution in [0.25, 0.3) is 0 Å². The van der Waals surface area contributed by atoms with E-state index < -0.39 is 0 Å². The Morgan fingerprint density at radius 2 is 2.21 bits per heavy atom. The molecule has 0 N–H and O–H groups in total. The lowest BCUT2D eigenvalue weighted by Crippen LogP contribution is -2.43. The van der Waals surface area contributed by atoms with E-state index in [0.29, 0.717) is 0 Å². The third-order valence-electron chi connectivity index (χ3n) is 5.04. The van der Waals surface area contributed by atoms with Crippen molar-refractivity contribution >= 4 is 11.3 Å². The van der Waals surface area contributed by atoms with Crippen molar-refractivity contribution in [1.82, 2.24) is 19.7 Å². The number of nitrogens with zero attached hydrogens (tertiary/aromatic N) is 4. The maximum atomic E-state index is 5.93. The largest absolute Gasteiger partial charge is 0.374 e. The maximum absolute atomic E-state index is 5.93. The predicted octanol–water partition coefficient (Wildman–Crippen LogP) is 3.21. The highest BCUT2D eigenvalue weighted by atomic mass is 32.1. The molecule has 0 aromatic carbocycles. The van der Waals surface area contributed by atoms with Crippen LogP contribution in [0, 0.1) is 6.92 Å². The van der Waals surface area contributed by atoms with Crippen LogP contribution < -0.4 is 0 Å². The molecular formula is C18H26N4OS. The monoisotopic (exact) mass is 346 g/mol. The Hall–Kier alpha value is -1.24. The van der Waals surface area contributed by atoms with Crippen molar-refractivity contribution in [2.45, 2.75) is 57.7 Å². The molecular weight excluding hydrogens is 320 g/mol. The fourth-order valence-corrected chi connectivity index (χ4v) is 4.78. The highest BCUT2D eigenvalue weighted by molar-refractivity contribution is 7.09. The molecule has 0 radical (unpaired) electrons. The number of ether oxygens (including phenoxy) is 1. The van der Waals surface area contributed by atoms with Crippen LogP contribution in [-0.2, 0) is 17.8 Å². The first kappa shape index (κ1) is 16.2. The van der Waals surface area contributed by atoms with E-state index in [-0.39, 0.29) is 6.10 Å². The normalized spacial score (nSPS) is 23.1. The van der Waals surface area contributed by atoms with E-state index in [1.54, 1.807) is 0 Å². The quantitative estimate of drug-likeness (QED) is 0.834. The van der Waals surface area contributed by atoms with Gasteiger partial charge >= 0.3 is 0 Å². The molecule has 0 bridgehead atoms. The Bertz CT molecular complexity index is 662. The lowest BCUT2D eigenvalue weighted by Gasteiger charge is -2.32. The second-order valence-corrected chi connectivity index (χ2v) is 8.02. The smallest absolute Gasteiger partial charge is 0.0959 e. The number of rotatable bonds is 5. The van der Waals surface area contributed by atoms with Gasteiger partial charge in [0.25, 0.3) is 0 Å². The summed E-state index contributed by atoms with van der Waals surface area (Å²) in [6.07, 6.45) is 9.60. The van der Waals surface area contributed by atoms with Gasteiger partial charge in [-0.25, -0.2) is 4.98 Å². The molecule has 2 aliphatic rings. The molecule has 1 saturated carbocycles. The van der Waals surface area contributed by atoms with Gasteiger partial charge in [0.05, 0.1) is 36.2 Å². The minimum absolute atomic E-state index is 0.214. The Kier molecular flexibility index (Phi) is 4.96.